The second-order valence-corrected chi connectivity index (χ2v) is 9.23. The van der Waals surface area contributed by atoms with E-state index in [-0.39, 0.29) is 5.91 Å². The second-order valence-electron chi connectivity index (χ2n) is 9.23. The molecule has 2 atom stereocenters. The van der Waals surface area contributed by atoms with E-state index in [1.807, 2.05) is 26.0 Å². The highest BCUT2D eigenvalue weighted by atomic mass is 16.5. The predicted molar refractivity (Wildman–Crippen MR) is 113 cm³/mol. The Balaban J connectivity index is 1.16. The van der Waals surface area contributed by atoms with E-state index in [0.29, 0.717) is 22.8 Å². The van der Waals surface area contributed by atoms with Gasteiger partial charge in [0.15, 0.2) is 0 Å². The average molecular weight is 398 g/mol. The number of nitrogens with zero attached hydrogens (tertiary/aromatic N) is 1. The van der Waals surface area contributed by atoms with Crippen LogP contribution in [0.25, 0.3) is 11.0 Å². The number of amides is 1. The van der Waals surface area contributed by atoms with Crippen molar-refractivity contribution in [3.05, 3.63) is 29.0 Å². The van der Waals surface area contributed by atoms with E-state index < -0.39 is 0 Å². The molecule has 3 fully saturated rings. The molecule has 6 nitrogen and oxygen atoms in total. The summed E-state index contributed by atoms with van der Waals surface area (Å²) in [7, 11) is 0. The van der Waals surface area contributed by atoms with E-state index in [4.69, 9.17) is 14.9 Å². The Hall–Kier alpha value is -2.05. The summed E-state index contributed by atoms with van der Waals surface area (Å²) in [6.45, 7) is 10.0. The van der Waals surface area contributed by atoms with E-state index in [0.717, 1.165) is 54.2 Å². The summed E-state index contributed by atoms with van der Waals surface area (Å²) in [6, 6.07) is 3.76. The van der Waals surface area contributed by atoms with Crippen molar-refractivity contribution >= 4 is 22.6 Å². The van der Waals surface area contributed by atoms with E-state index in [1.165, 1.54) is 32.5 Å². The van der Waals surface area contributed by atoms with Gasteiger partial charge in [0.05, 0.1) is 5.56 Å². The number of nitrogens with one attached hydrogen (secondary N) is 1. The fraction of sp³-hybridized carbons (Fsp3) is 0.609. The molecular weight excluding hydrogens is 366 g/mol. The number of benzene rings is 1. The number of ether oxygens (including phenoxy) is 1. The number of aryl methyl sites for hydroxylation is 2. The van der Waals surface area contributed by atoms with Crippen LogP contribution in [0.3, 0.4) is 0 Å². The molecule has 1 aromatic carbocycles. The first-order chi connectivity index (χ1) is 14.0. The standard InChI is InChI=1S/C23H31N3O3/c1-13-7-17(22-16(21(13)24)8-14(2)29-22)23(27)25-9-18-19-11-26(12-20(18)19)10-15-3-5-28-6-4-15/h7-8,15,18-20H,3-6,9-12,24H2,1-2H3,(H,25,27). The number of hydrogen-bond donors (Lipinski definition) is 2. The van der Waals surface area contributed by atoms with Crippen LogP contribution in [0.5, 0.6) is 0 Å². The summed E-state index contributed by atoms with van der Waals surface area (Å²) in [5.41, 5.74) is 8.96. The second kappa shape index (κ2) is 7.33. The summed E-state index contributed by atoms with van der Waals surface area (Å²) in [5.74, 6) is 3.62. The number of anilines is 1. The largest absolute Gasteiger partial charge is 0.460 e. The number of likely N-dealkylation sites (tertiary alicyclic amines) is 1. The van der Waals surface area contributed by atoms with Crippen LogP contribution in [0.15, 0.2) is 16.5 Å². The number of nitrogens with two attached hydrogens (primary N) is 1. The Labute approximate surface area is 171 Å². The fourth-order valence-corrected chi connectivity index (χ4v) is 5.44. The van der Waals surface area contributed by atoms with Crippen molar-refractivity contribution in [1.82, 2.24) is 10.2 Å². The van der Waals surface area contributed by atoms with Crippen LogP contribution in [0.4, 0.5) is 5.69 Å². The maximum Gasteiger partial charge on any atom is 0.255 e. The number of hydrogen-bond acceptors (Lipinski definition) is 5. The van der Waals surface area contributed by atoms with Crippen molar-refractivity contribution in [2.24, 2.45) is 23.7 Å². The van der Waals surface area contributed by atoms with Crippen molar-refractivity contribution in [3.8, 4) is 0 Å². The molecule has 1 aromatic heterocycles. The van der Waals surface area contributed by atoms with Crippen molar-refractivity contribution < 1.29 is 13.9 Å². The highest BCUT2D eigenvalue weighted by Gasteiger charge is 2.55. The van der Waals surface area contributed by atoms with Crippen molar-refractivity contribution in [2.45, 2.75) is 26.7 Å². The van der Waals surface area contributed by atoms with Gasteiger partial charge in [0.1, 0.15) is 11.3 Å². The summed E-state index contributed by atoms with van der Waals surface area (Å²) < 4.78 is 11.3. The van der Waals surface area contributed by atoms with Gasteiger partial charge < -0.3 is 25.1 Å². The van der Waals surface area contributed by atoms with E-state index in [2.05, 4.69) is 10.2 Å². The van der Waals surface area contributed by atoms with Crippen LogP contribution in [0.1, 0.15) is 34.5 Å². The summed E-state index contributed by atoms with van der Waals surface area (Å²) in [5, 5.41) is 3.99. The Morgan fingerprint density at radius 2 is 1.93 bits per heavy atom. The molecule has 2 aromatic rings. The molecule has 3 aliphatic rings. The lowest BCUT2D eigenvalue weighted by Crippen LogP contribution is -2.34. The lowest BCUT2D eigenvalue weighted by molar-refractivity contribution is 0.0535. The van der Waals surface area contributed by atoms with Crippen LogP contribution >= 0.6 is 0 Å². The van der Waals surface area contributed by atoms with Gasteiger partial charge in [-0.15, -0.1) is 0 Å². The lowest BCUT2D eigenvalue weighted by Gasteiger charge is -2.28. The molecule has 2 saturated heterocycles. The molecule has 3 N–H and O–H groups in total. The van der Waals surface area contributed by atoms with Gasteiger partial charge in [0.25, 0.3) is 5.91 Å². The first kappa shape index (κ1) is 18.9. The van der Waals surface area contributed by atoms with Gasteiger partial charge in [0.2, 0.25) is 0 Å². The van der Waals surface area contributed by atoms with Gasteiger partial charge >= 0.3 is 0 Å². The fourth-order valence-electron chi connectivity index (χ4n) is 5.44. The normalized spacial score (nSPS) is 27.3. The number of rotatable bonds is 5. The number of carbonyl (C=O) groups excluding carboxylic acids is 1. The zero-order valence-corrected chi connectivity index (χ0v) is 17.4. The first-order valence-corrected chi connectivity index (χ1v) is 10.9. The van der Waals surface area contributed by atoms with Gasteiger partial charge in [-0.1, -0.05) is 0 Å². The highest BCUT2D eigenvalue weighted by Crippen LogP contribution is 2.51. The number of furan rings is 1. The molecule has 29 heavy (non-hydrogen) atoms. The first-order valence-electron chi connectivity index (χ1n) is 10.9. The Morgan fingerprint density at radius 1 is 1.21 bits per heavy atom. The molecule has 2 aliphatic heterocycles. The molecular formula is C23H31N3O3. The van der Waals surface area contributed by atoms with Crippen molar-refractivity contribution in [1.29, 1.82) is 0 Å². The molecule has 3 heterocycles. The zero-order valence-electron chi connectivity index (χ0n) is 17.4. The van der Waals surface area contributed by atoms with Crippen LogP contribution in [0.2, 0.25) is 0 Å². The third-order valence-corrected chi connectivity index (χ3v) is 7.22. The third-order valence-electron chi connectivity index (χ3n) is 7.22. The molecule has 0 bridgehead atoms. The van der Waals surface area contributed by atoms with Crippen LogP contribution in [-0.4, -0.2) is 50.2 Å². The maximum absolute atomic E-state index is 12.9. The monoisotopic (exact) mass is 397 g/mol. The van der Waals surface area contributed by atoms with E-state index in [1.54, 1.807) is 0 Å². The minimum absolute atomic E-state index is 0.0588. The van der Waals surface area contributed by atoms with Crippen LogP contribution < -0.4 is 11.1 Å². The van der Waals surface area contributed by atoms with E-state index >= 15 is 0 Å². The molecule has 156 valence electrons. The number of nitrogen functional groups attached to an aromatic ring is 1. The van der Waals surface area contributed by atoms with Crippen molar-refractivity contribution in [2.75, 3.05) is 45.1 Å². The van der Waals surface area contributed by atoms with Crippen LogP contribution in [0, 0.1) is 37.5 Å². The molecule has 0 radical (unpaired) electrons. The molecule has 5 rings (SSSR count). The Morgan fingerprint density at radius 3 is 2.66 bits per heavy atom. The number of fused-ring (bicyclic) bond motifs is 2. The van der Waals surface area contributed by atoms with Crippen LogP contribution in [-0.2, 0) is 4.74 Å². The molecule has 6 heteroatoms. The summed E-state index contributed by atoms with van der Waals surface area (Å²) in [6.07, 6.45) is 2.40. The maximum atomic E-state index is 12.9. The van der Waals surface area contributed by atoms with Gasteiger partial charge in [-0.2, -0.15) is 0 Å². The smallest absolute Gasteiger partial charge is 0.255 e. The SMILES string of the molecule is Cc1cc2c(N)c(C)cc(C(=O)NCC3C4CN(CC5CCOCC5)CC34)c2o1. The topological polar surface area (TPSA) is 80.7 Å². The average Bonchev–Trinajstić information content (AvgIpc) is 3.03. The van der Waals surface area contributed by atoms with Gasteiger partial charge in [-0.25, -0.2) is 0 Å². The highest BCUT2D eigenvalue weighted by molar-refractivity contribution is 6.08. The Bertz CT molecular complexity index is 919. The molecule has 0 spiro atoms. The molecule has 1 aliphatic carbocycles. The van der Waals surface area contributed by atoms with Crippen molar-refractivity contribution in [3.63, 3.8) is 0 Å². The Kier molecular flexibility index (Phi) is 4.79. The summed E-state index contributed by atoms with van der Waals surface area (Å²) in [4.78, 5) is 15.5. The third kappa shape index (κ3) is 3.53. The quantitative estimate of drug-likeness (QED) is 0.758. The molecule has 1 saturated carbocycles. The van der Waals surface area contributed by atoms with Gasteiger partial charge in [-0.05, 0) is 68.1 Å². The minimum Gasteiger partial charge on any atom is -0.460 e. The minimum atomic E-state index is -0.0588. The molecule has 2 unspecified atom stereocenters. The molecule has 1 amide bonds. The number of carbonyl (C=O) groups is 1. The lowest BCUT2D eigenvalue weighted by atomic mass is 9.99. The van der Waals surface area contributed by atoms with Gasteiger partial charge in [0, 0.05) is 50.5 Å². The number of piperidine rings is 1. The zero-order chi connectivity index (χ0) is 20.1. The summed E-state index contributed by atoms with van der Waals surface area (Å²) >= 11 is 0. The van der Waals surface area contributed by atoms with E-state index in [9.17, 15) is 4.79 Å². The van der Waals surface area contributed by atoms with Gasteiger partial charge in [-0.3, -0.25) is 4.79 Å². The predicted octanol–water partition coefficient (Wildman–Crippen LogP) is 2.97.